The van der Waals surface area contributed by atoms with Gasteiger partial charge < -0.3 is 14.9 Å². The van der Waals surface area contributed by atoms with Crippen LogP contribution in [-0.2, 0) is 11.2 Å². The Bertz CT molecular complexity index is 645. The molecule has 0 atom stereocenters. The molecule has 1 aromatic rings. The second-order valence-electron chi connectivity index (χ2n) is 5.63. The lowest BCUT2D eigenvalue weighted by Crippen LogP contribution is -2.28. The zero-order valence-corrected chi connectivity index (χ0v) is 12.6. The molecule has 2 rings (SSSR count). The normalized spacial score (nSPS) is 16.6. The Morgan fingerprint density at radius 3 is 2.70 bits per heavy atom. The first-order valence-corrected chi connectivity index (χ1v) is 6.83. The number of ketones is 1. The van der Waals surface area contributed by atoms with E-state index in [0.29, 0.717) is 24.2 Å². The number of hydrogen-bond acceptors (Lipinski definition) is 6. The smallest absolute Gasteiger partial charge is 0.345 e. The summed E-state index contributed by atoms with van der Waals surface area (Å²) in [5, 5.41) is 0. The van der Waals surface area contributed by atoms with Gasteiger partial charge in [0.2, 0.25) is 5.88 Å². The van der Waals surface area contributed by atoms with Crippen molar-refractivity contribution in [1.82, 2.24) is 0 Å². The molecule has 6 heteroatoms. The van der Waals surface area contributed by atoms with Crippen molar-refractivity contribution in [3.63, 3.8) is 0 Å². The third kappa shape index (κ3) is 2.47. The minimum atomic E-state index is -0.654. The lowest BCUT2D eigenvalue weighted by atomic mass is 9.76. The summed E-state index contributed by atoms with van der Waals surface area (Å²) < 4.78 is 10.5. The van der Waals surface area contributed by atoms with Gasteiger partial charge in [-0.05, 0) is 12.3 Å². The number of Topliss-reactive ketones (excluding diaryl/α,β-unsaturated/α-hetero) is 1. The van der Waals surface area contributed by atoms with Crippen LogP contribution in [0.2, 0.25) is 0 Å². The molecular weight excluding hydrogens is 278 g/mol. The molecule has 0 aliphatic heterocycles. The molecule has 0 saturated heterocycles. The SMILES string of the molecule is CCOC(=O)c1c(N)oc2c(c1=S)C(=O)CC(C)(C)C2. The number of carbonyl (C=O) groups excluding carboxylic acids is 2. The van der Waals surface area contributed by atoms with Crippen LogP contribution in [-0.4, -0.2) is 18.4 Å². The van der Waals surface area contributed by atoms with Crippen LogP contribution in [0, 0.1) is 9.93 Å². The number of carbonyl (C=O) groups is 2. The molecule has 0 unspecified atom stereocenters. The fourth-order valence-electron chi connectivity index (χ4n) is 2.42. The molecule has 0 bridgehead atoms. The van der Waals surface area contributed by atoms with Crippen LogP contribution in [0.3, 0.4) is 0 Å². The van der Waals surface area contributed by atoms with Crippen molar-refractivity contribution in [3.8, 4) is 0 Å². The molecule has 0 radical (unpaired) electrons. The van der Waals surface area contributed by atoms with E-state index in [-0.39, 0.29) is 33.8 Å². The van der Waals surface area contributed by atoms with Gasteiger partial charge in [0, 0.05) is 12.8 Å². The predicted molar refractivity (Wildman–Crippen MR) is 76.3 cm³/mol. The Balaban J connectivity index is 2.63. The fourth-order valence-corrected chi connectivity index (χ4v) is 2.83. The molecule has 20 heavy (non-hydrogen) atoms. The lowest BCUT2D eigenvalue weighted by Gasteiger charge is -2.29. The van der Waals surface area contributed by atoms with Crippen molar-refractivity contribution < 1.29 is 18.7 Å². The maximum Gasteiger partial charge on any atom is 0.345 e. The number of rotatable bonds is 2. The Hall–Kier alpha value is -1.69. The van der Waals surface area contributed by atoms with Crippen LogP contribution in [0.1, 0.15) is 53.7 Å². The van der Waals surface area contributed by atoms with Gasteiger partial charge in [-0.15, -0.1) is 0 Å². The first kappa shape index (κ1) is 14.7. The molecule has 0 aromatic carbocycles. The Morgan fingerprint density at radius 2 is 2.10 bits per heavy atom. The second-order valence-corrected chi connectivity index (χ2v) is 6.04. The molecule has 1 aliphatic carbocycles. The third-order valence-electron chi connectivity index (χ3n) is 3.25. The van der Waals surface area contributed by atoms with Gasteiger partial charge in [-0.2, -0.15) is 0 Å². The van der Waals surface area contributed by atoms with Crippen LogP contribution < -0.4 is 5.73 Å². The summed E-state index contributed by atoms with van der Waals surface area (Å²) >= 11 is 5.25. The number of nitrogens with two attached hydrogens (primary N) is 1. The van der Waals surface area contributed by atoms with Crippen LogP contribution in [0.5, 0.6) is 0 Å². The van der Waals surface area contributed by atoms with E-state index in [1.165, 1.54) is 0 Å². The number of nitrogen functional groups attached to an aromatic ring is 1. The van der Waals surface area contributed by atoms with Gasteiger partial charge >= 0.3 is 5.97 Å². The Morgan fingerprint density at radius 1 is 1.45 bits per heavy atom. The Kier molecular flexibility index (Phi) is 3.69. The highest BCUT2D eigenvalue weighted by Gasteiger charge is 2.35. The molecule has 5 nitrogen and oxygen atoms in total. The van der Waals surface area contributed by atoms with Gasteiger partial charge in [-0.3, -0.25) is 4.79 Å². The molecule has 0 amide bonds. The Labute approximate surface area is 122 Å². The van der Waals surface area contributed by atoms with E-state index in [4.69, 9.17) is 27.1 Å². The van der Waals surface area contributed by atoms with Crippen LogP contribution >= 0.6 is 12.2 Å². The van der Waals surface area contributed by atoms with Gasteiger partial charge in [-0.1, -0.05) is 26.1 Å². The standard InChI is InChI=1S/C14H17NO4S/c1-4-18-13(17)10-11(20)9-7(16)5-14(2,3)6-8(9)19-12(10)15/h4-6,15H2,1-3H3. The third-order valence-corrected chi connectivity index (χ3v) is 3.66. The second kappa shape index (κ2) is 5.01. The maximum atomic E-state index is 12.2. The summed E-state index contributed by atoms with van der Waals surface area (Å²) in [7, 11) is 0. The molecule has 1 heterocycles. The molecule has 108 valence electrons. The lowest BCUT2D eigenvalue weighted by molar-refractivity contribution is 0.0524. The van der Waals surface area contributed by atoms with E-state index < -0.39 is 5.97 Å². The topological polar surface area (TPSA) is 82.5 Å². The van der Waals surface area contributed by atoms with E-state index in [1.807, 2.05) is 13.8 Å². The van der Waals surface area contributed by atoms with Crippen LogP contribution in [0.4, 0.5) is 5.88 Å². The summed E-state index contributed by atoms with van der Waals surface area (Å²) in [6, 6.07) is 0. The maximum absolute atomic E-state index is 12.2. The van der Waals surface area contributed by atoms with E-state index in [9.17, 15) is 9.59 Å². The molecule has 0 saturated carbocycles. The summed E-state index contributed by atoms with van der Waals surface area (Å²) in [4.78, 5) is 24.1. The number of esters is 1. The quantitative estimate of drug-likeness (QED) is 0.667. The summed E-state index contributed by atoms with van der Waals surface area (Å²) in [5.74, 6) is -0.394. The van der Waals surface area contributed by atoms with Gasteiger partial charge in [0.1, 0.15) is 11.3 Å². The van der Waals surface area contributed by atoms with Gasteiger partial charge in [0.25, 0.3) is 0 Å². The van der Waals surface area contributed by atoms with E-state index >= 15 is 0 Å². The van der Waals surface area contributed by atoms with E-state index in [1.54, 1.807) is 6.92 Å². The zero-order chi connectivity index (χ0) is 15.1. The minimum absolute atomic E-state index is 0.0198. The first-order chi connectivity index (χ1) is 9.26. The van der Waals surface area contributed by atoms with Crippen LogP contribution in [0.15, 0.2) is 4.42 Å². The van der Waals surface area contributed by atoms with Crippen LogP contribution in [0.25, 0.3) is 0 Å². The largest absolute Gasteiger partial charge is 0.462 e. The minimum Gasteiger partial charge on any atom is -0.462 e. The molecule has 2 N–H and O–H groups in total. The van der Waals surface area contributed by atoms with Gasteiger partial charge in [0.15, 0.2) is 5.78 Å². The van der Waals surface area contributed by atoms with Crippen molar-refractivity contribution in [2.24, 2.45) is 5.41 Å². The fraction of sp³-hybridized carbons (Fsp3) is 0.500. The predicted octanol–water partition coefficient (Wildman–Crippen LogP) is 2.92. The van der Waals surface area contributed by atoms with Crippen molar-refractivity contribution in [1.29, 1.82) is 0 Å². The number of ether oxygens (including phenoxy) is 1. The molecule has 1 aromatic heterocycles. The molecule has 0 spiro atoms. The average molecular weight is 295 g/mol. The van der Waals surface area contributed by atoms with Crippen molar-refractivity contribution >= 4 is 29.9 Å². The van der Waals surface area contributed by atoms with Crippen molar-refractivity contribution in [2.75, 3.05) is 12.3 Å². The first-order valence-electron chi connectivity index (χ1n) is 6.42. The highest BCUT2D eigenvalue weighted by Crippen LogP contribution is 2.37. The van der Waals surface area contributed by atoms with Crippen molar-refractivity contribution in [3.05, 3.63) is 21.4 Å². The highest BCUT2D eigenvalue weighted by molar-refractivity contribution is 7.71. The van der Waals surface area contributed by atoms with E-state index in [2.05, 4.69) is 0 Å². The summed E-state index contributed by atoms with van der Waals surface area (Å²) in [6.45, 7) is 5.83. The monoisotopic (exact) mass is 295 g/mol. The van der Waals surface area contributed by atoms with E-state index in [0.717, 1.165) is 0 Å². The molecular formula is C14H17NO4S. The average Bonchev–Trinajstić information content (AvgIpc) is 2.25. The summed E-state index contributed by atoms with van der Waals surface area (Å²) in [5.41, 5.74) is 5.85. The summed E-state index contributed by atoms with van der Waals surface area (Å²) in [6.07, 6.45) is 0.927. The number of hydrogen-bond donors (Lipinski definition) is 1. The molecule has 0 fully saturated rings. The zero-order valence-electron chi connectivity index (χ0n) is 11.7. The highest BCUT2D eigenvalue weighted by atomic mass is 32.1. The molecule has 1 aliphatic rings. The van der Waals surface area contributed by atoms with Crippen molar-refractivity contribution in [2.45, 2.75) is 33.6 Å². The van der Waals surface area contributed by atoms with Gasteiger partial charge in [-0.25, -0.2) is 4.79 Å². The number of fused-ring (bicyclic) bond motifs is 1. The van der Waals surface area contributed by atoms with Gasteiger partial charge in [0.05, 0.1) is 16.7 Å². The number of anilines is 1.